The van der Waals surface area contributed by atoms with E-state index < -0.39 is 23.6 Å². The van der Waals surface area contributed by atoms with E-state index in [1.54, 1.807) is 6.92 Å². The lowest BCUT2D eigenvalue weighted by Crippen LogP contribution is -2.17. The molecule has 0 spiro atoms. The molecule has 0 aliphatic rings. The summed E-state index contributed by atoms with van der Waals surface area (Å²) in [5, 5.41) is 2.46. The van der Waals surface area contributed by atoms with E-state index >= 15 is 0 Å². The standard InChI is InChI=1S/C19H19NO7/c1-5-26-19(24)15-14(10(2)21)11(3)27-17(15)20-16(22)12-7-6-8-13(9-12)18(23)25-4/h6-9H,5H2,1-4H3,(H,20,22). The highest BCUT2D eigenvalue weighted by molar-refractivity contribution is 6.13. The van der Waals surface area contributed by atoms with Crippen molar-refractivity contribution in [1.29, 1.82) is 0 Å². The number of carbonyl (C=O) groups is 4. The van der Waals surface area contributed by atoms with Crippen LogP contribution in [0.2, 0.25) is 0 Å². The fourth-order valence-electron chi connectivity index (χ4n) is 2.54. The molecule has 142 valence electrons. The van der Waals surface area contributed by atoms with Gasteiger partial charge in [-0.1, -0.05) is 6.07 Å². The highest BCUT2D eigenvalue weighted by Gasteiger charge is 2.29. The third-order valence-corrected chi connectivity index (χ3v) is 3.69. The van der Waals surface area contributed by atoms with Gasteiger partial charge >= 0.3 is 11.9 Å². The van der Waals surface area contributed by atoms with E-state index in [1.165, 1.54) is 45.2 Å². The molecule has 1 heterocycles. The Morgan fingerprint density at radius 2 is 1.74 bits per heavy atom. The van der Waals surface area contributed by atoms with Crippen molar-refractivity contribution in [3.05, 3.63) is 52.3 Å². The number of nitrogens with one attached hydrogen (secondary N) is 1. The summed E-state index contributed by atoms with van der Waals surface area (Å²) in [5.74, 6) is -2.40. The highest BCUT2D eigenvalue weighted by Crippen LogP contribution is 2.29. The van der Waals surface area contributed by atoms with Crippen LogP contribution in [-0.2, 0) is 9.47 Å². The summed E-state index contributed by atoms with van der Waals surface area (Å²) in [6.45, 7) is 4.50. The number of benzene rings is 1. The summed E-state index contributed by atoms with van der Waals surface area (Å²) in [7, 11) is 1.23. The summed E-state index contributed by atoms with van der Waals surface area (Å²) in [6, 6.07) is 5.83. The van der Waals surface area contributed by atoms with Gasteiger partial charge in [0.2, 0.25) is 5.88 Å². The molecular formula is C19H19NO7. The first kappa shape index (κ1) is 19.9. The van der Waals surface area contributed by atoms with Crippen LogP contribution in [0.4, 0.5) is 5.88 Å². The van der Waals surface area contributed by atoms with Gasteiger partial charge in [0.15, 0.2) is 5.78 Å². The molecule has 0 radical (unpaired) electrons. The second kappa shape index (κ2) is 8.31. The highest BCUT2D eigenvalue weighted by atomic mass is 16.5. The Hall–Kier alpha value is -3.42. The van der Waals surface area contributed by atoms with Crippen LogP contribution in [0, 0.1) is 6.92 Å². The quantitative estimate of drug-likeness (QED) is 0.612. The topological polar surface area (TPSA) is 112 Å². The number of Topliss-reactive ketones (excluding diaryl/α,β-unsaturated/α-hetero) is 1. The van der Waals surface area contributed by atoms with Crippen molar-refractivity contribution in [2.24, 2.45) is 0 Å². The molecule has 8 heteroatoms. The molecule has 8 nitrogen and oxygen atoms in total. The molecule has 0 aliphatic heterocycles. The molecule has 1 aromatic carbocycles. The fourth-order valence-corrected chi connectivity index (χ4v) is 2.54. The van der Waals surface area contributed by atoms with Crippen LogP contribution < -0.4 is 5.32 Å². The number of hydrogen-bond donors (Lipinski definition) is 1. The van der Waals surface area contributed by atoms with Gasteiger partial charge < -0.3 is 13.9 Å². The zero-order valence-electron chi connectivity index (χ0n) is 15.4. The van der Waals surface area contributed by atoms with E-state index in [-0.39, 0.29) is 40.5 Å². The predicted octanol–water partition coefficient (Wildman–Crippen LogP) is 3.01. The number of methoxy groups -OCH3 is 1. The second-order valence-electron chi connectivity index (χ2n) is 5.54. The summed E-state index contributed by atoms with van der Waals surface area (Å²) in [4.78, 5) is 48.3. The first-order valence-electron chi connectivity index (χ1n) is 8.11. The van der Waals surface area contributed by atoms with Crippen molar-refractivity contribution in [1.82, 2.24) is 0 Å². The van der Waals surface area contributed by atoms with E-state index in [0.29, 0.717) is 0 Å². The molecule has 0 atom stereocenters. The first-order valence-corrected chi connectivity index (χ1v) is 8.11. The van der Waals surface area contributed by atoms with Gasteiger partial charge in [-0.2, -0.15) is 0 Å². The van der Waals surface area contributed by atoms with Gasteiger partial charge in [-0.15, -0.1) is 0 Å². The molecule has 1 amide bonds. The van der Waals surface area contributed by atoms with Crippen LogP contribution in [0.15, 0.2) is 28.7 Å². The fraction of sp³-hybridized carbons (Fsp3) is 0.263. The van der Waals surface area contributed by atoms with Crippen LogP contribution in [0.5, 0.6) is 0 Å². The first-order chi connectivity index (χ1) is 12.8. The van der Waals surface area contributed by atoms with Gasteiger partial charge in [-0.25, -0.2) is 9.59 Å². The minimum Gasteiger partial charge on any atom is -0.465 e. The van der Waals surface area contributed by atoms with E-state index in [1.807, 2.05) is 0 Å². The smallest absolute Gasteiger partial charge is 0.344 e. The largest absolute Gasteiger partial charge is 0.465 e. The third-order valence-electron chi connectivity index (χ3n) is 3.69. The third kappa shape index (κ3) is 4.22. The maximum absolute atomic E-state index is 12.5. The van der Waals surface area contributed by atoms with Gasteiger partial charge in [0, 0.05) is 5.56 Å². The molecule has 1 aromatic heterocycles. The Morgan fingerprint density at radius 3 is 2.33 bits per heavy atom. The van der Waals surface area contributed by atoms with E-state index in [4.69, 9.17) is 9.15 Å². The molecule has 2 aromatic rings. The molecule has 0 saturated carbocycles. The Labute approximate surface area is 155 Å². The van der Waals surface area contributed by atoms with Crippen molar-refractivity contribution in [3.8, 4) is 0 Å². The molecule has 0 fully saturated rings. The SMILES string of the molecule is CCOC(=O)c1c(NC(=O)c2cccc(C(=O)OC)c2)oc(C)c1C(C)=O. The normalized spacial score (nSPS) is 10.2. The van der Waals surface area contributed by atoms with Crippen LogP contribution in [-0.4, -0.2) is 37.3 Å². The average Bonchev–Trinajstić information content (AvgIpc) is 2.97. The van der Waals surface area contributed by atoms with Crippen molar-refractivity contribution < 1.29 is 33.1 Å². The van der Waals surface area contributed by atoms with Crippen molar-refractivity contribution >= 4 is 29.5 Å². The van der Waals surface area contributed by atoms with Crippen molar-refractivity contribution in [2.75, 3.05) is 19.0 Å². The Kier molecular flexibility index (Phi) is 6.12. The maximum atomic E-state index is 12.5. The van der Waals surface area contributed by atoms with Gasteiger partial charge in [0.1, 0.15) is 11.3 Å². The van der Waals surface area contributed by atoms with Gasteiger partial charge in [0.05, 0.1) is 24.8 Å². The van der Waals surface area contributed by atoms with Gasteiger partial charge in [-0.05, 0) is 39.0 Å². The number of amides is 1. The zero-order valence-corrected chi connectivity index (χ0v) is 15.4. The molecule has 27 heavy (non-hydrogen) atoms. The zero-order chi connectivity index (χ0) is 20.1. The lowest BCUT2D eigenvalue weighted by molar-refractivity contribution is 0.0523. The van der Waals surface area contributed by atoms with Crippen LogP contribution >= 0.6 is 0 Å². The second-order valence-corrected chi connectivity index (χ2v) is 5.54. The molecule has 0 saturated heterocycles. The van der Waals surface area contributed by atoms with E-state index in [2.05, 4.69) is 10.1 Å². The summed E-state index contributed by atoms with van der Waals surface area (Å²) >= 11 is 0. The number of carbonyl (C=O) groups excluding carboxylic acids is 4. The molecule has 1 N–H and O–H groups in total. The number of ether oxygens (including phenoxy) is 2. The molecule has 0 unspecified atom stereocenters. The Morgan fingerprint density at radius 1 is 1.07 bits per heavy atom. The summed E-state index contributed by atoms with van der Waals surface area (Å²) in [5.41, 5.74) is 0.244. The molecule has 0 aliphatic carbocycles. The van der Waals surface area contributed by atoms with Crippen molar-refractivity contribution in [3.63, 3.8) is 0 Å². The predicted molar refractivity (Wildman–Crippen MR) is 95.1 cm³/mol. The van der Waals surface area contributed by atoms with Crippen molar-refractivity contribution in [2.45, 2.75) is 20.8 Å². The van der Waals surface area contributed by atoms with Crippen LogP contribution in [0.3, 0.4) is 0 Å². The number of esters is 2. The minimum absolute atomic E-state index is 0.0482. The van der Waals surface area contributed by atoms with E-state index in [9.17, 15) is 19.2 Å². The summed E-state index contributed by atoms with van der Waals surface area (Å²) < 4.78 is 15.0. The lowest BCUT2D eigenvalue weighted by atomic mass is 10.1. The number of aryl methyl sites for hydroxylation is 1. The van der Waals surface area contributed by atoms with Crippen LogP contribution in [0.1, 0.15) is 61.0 Å². The van der Waals surface area contributed by atoms with E-state index in [0.717, 1.165) is 0 Å². The molecular weight excluding hydrogens is 354 g/mol. The van der Waals surface area contributed by atoms with Gasteiger partial charge in [-0.3, -0.25) is 14.9 Å². The molecule has 0 bridgehead atoms. The van der Waals surface area contributed by atoms with Gasteiger partial charge in [0.25, 0.3) is 5.91 Å². The minimum atomic E-state index is -0.779. The number of anilines is 1. The molecule has 2 rings (SSSR count). The number of rotatable bonds is 6. The monoisotopic (exact) mass is 373 g/mol. The maximum Gasteiger partial charge on any atom is 0.344 e. The van der Waals surface area contributed by atoms with Crippen LogP contribution in [0.25, 0.3) is 0 Å². The number of hydrogen-bond acceptors (Lipinski definition) is 7. The Balaban J connectivity index is 2.41. The number of furan rings is 1. The number of ketones is 1. The Bertz CT molecular complexity index is 911. The average molecular weight is 373 g/mol. The lowest BCUT2D eigenvalue weighted by Gasteiger charge is -2.07. The summed E-state index contributed by atoms with van der Waals surface area (Å²) in [6.07, 6.45) is 0.